The highest BCUT2D eigenvalue weighted by atomic mass is 32.2. The average Bonchev–Trinajstić information content (AvgIpc) is 2.71. The van der Waals surface area contributed by atoms with Crippen LogP contribution in [0.3, 0.4) is 0 Å². The van der Waals surface area contributed by atoms with Crippen molar-refractivity contribution in [3.05, 3.63) is 70.0 Å². The predicted molar refractivity (Wildman–Crippen MR) is 119 cm³/mol. The summed E-state index contributed by atoms with van der Waals surface area (Å²) in [6.45, 7) is 8.00. The van der Waals surface area contributed by atoms with Crippen LogP contribution in [0, 0.1) is 6.92 Å². The Hall–Kier alpha value is -2.60. The largest absolute Gasteiger partial charge is 0.349 e. The zero-order valence-corrected chi connectivity index (χ0v) is 18.1. The molecule has 0 saturated heterocycles. The highest BCUT2D eigenvalue weighted by Crippen LogP contribution is 2.22. The van der Waals surface area contributed by atoms with Crippen molar-refractivity contribution in [2.24, 2.45) is 0 Å². The SMILES string of the molecule is CC[C@H](NC(=O)CSc1nc2ccccc2c(=O)n1C(C)C)c1ccc(C)cc1. The molecule has 0 aliphatic carbocycles. The van der Waals surface area contributed by atoms with Gasteiger partial charge >= 0.3 is 0 Å². The minimum Gasteiger partial charge on any atom is -0.349 e. The molecule has 3 aromatic rings. The number of thioether (sulfide) groups is 1. The van der Waals surface area contributed by atoms with Gasteiger partial charge in [-0.05, 0) is 44.9 Å². The van der Waals surface area contributed by atoms with Gasteiger partial charge in [-0.3, -0.25) is 14.2 Å². The van der Waals surface area contributed by atoms with E-state index in [0.717, 1.165) is 12.0 Å². The molecular weight excluding hydrogens is 382 g/mol. The zero-order valence-electron chi connectivity index (χ0n) is 17.3. The molecule has 29 heavy (non-hydrogen) atoms. The molecule has 0 aliphatic heterocycles. The van der Waals surface area contributed by atoms with Gasteiger partial charge in [-0.25, -0.2) is 4.98 Å². The summed E-state index contributed by atoms with van der Waals surface area (Å²) in [4.78, 5) is 30.1. The van der Waals surface area contributed by atoms with E-state index in [4.69, 9.17) is 0 Å². The van der Waals surface area contributed by atoms with E-state index < -0.39 is 0 Å². The second kappa shape index (κ2) is 9.27. The third-order valence-corrected chi connectivity index (χ3v) is 5.80. The number of nitrogens with zero attached hydrogens (tertiary/aromatic N) is 2. The highest BCUT2D eigenvalue weighted by molar-refractivity contribution is 7.99. The fourth-order valence-corrected chi connectivity index (χ4v) is 4.21. The van der Waals surface area contributed by atoms with E-state index in [1.54, 1.807) is 10.6 Å². The first kappa shape index (κ1) is 21.1. The van der Waals surface area contributed by atoms with Gasteiger partial charge in [-0.15, -0.1) is 0 Å². The molecule has 0 bridgehead atoms. The Balaban J connectivity index is 1.77. The maximum atomic E-state index is 12.9. The summed E-state index contributed by atoms with van der Waals surface area (Å²) in [6.07, 6.45) is 0.810. The first-order valence-corrected chi connectivity index (χ1v) is 10.9. The van der Waals surface area contributed by atoms with Crippen LogP contribution in [0.1, 0.15) is 50.4 Å². The number of hydrogen-bond acceptors (Lipinski definition) is 4. The summed E-state index contributed by atoms with van der Waals surface area (Å²) in [5, 5.41) is 4.27. The second-order valence-corrected chi connectivity index (χ2v) is 8.35. The molecule has 1 atom stereocenters. The van der Waals surface area contributed by atoms with Gasteiger partial charge in [0.25, 0.3) is 5.56 Å². The normalized spacial score (nSPS) is 12.3. The van der Waals surface area contributed by atoms with Crippen molar-refractivity contribution in [1.29, 1.82) is 0 Å². The molecule has 2 aromatic carbocycles. The van der Waals surface area contributed by atoms with E-state index in [1.165, 1.54) is 17.3 Å². The van der Waals surface area contributed by atoms with Crippen LogP contribution >= 0.6 is 11.8 Å². The summed E-state index contributed by atoms with van der Waals surface area (Å²) in [6, 6.07) is 15.5. The molecule has 1 aromatic heterocycles. The maximum absolute atomic E-state index is 12.9. The number of amides is 1. The van der Waals surface area contributed by atoms with Gasteiger partial charge in [-0.2, -0.15) is 0 Å². The lowest BCUT2D eigenvalue weighted by Gasteiger charge is -2.19. The molecule has 0 fully saturated rings. The van der Waals surface area contributed by atoms with E-state index in [0.29, 0.717) is 16.1 Å². The van der Waals surface area contributed by atoms with Gasteiger partial charge in [0.15, 0.2) is 5.16 Å². The number of aromatic nitrogens is 2. The number of rotatable bonds is 7. The lowest BCUT2D eigenvalue weighted by molar-refractivity contribution is -0.119. The number of para-hydroxylation sites is 1. The molecule has 1 N–H and O–H groups in total. The summed E-state index contributed by atoms with van der Waals surface area (Å²) < 4.78 is 1.66. The molecule has 0 radical (unpaired) electrons. The van der Waals surface area contributed by atoms with E-state index in [-0.39, 0.29) is 29.3 Å². The molecule has 1 amide bonds. The Morgan fingerprint density at radius 1 is 1.14 bits per heavy atom. The highest BCUT2D eigenvalue weighted by Gasteiger charge is 2.17. The summed E-state index contributed by atoms with van der Waals surface area (Å²) in [5.74, 6) is 0.139. The smallest absolute Gasteiger partial charge is 0.262 e. The Morgan fingerprint density at radius 2 is 1.83 bits per heavy atom. The van der Waals surface area contributed by atoms with Crippen LogP contribution < -0.4 is 10.9 Å². The van der Waals surface area contributed by atoms with Crippen LogP contribution in [0.25, 0.3) is 10.9 Å². The first-order chi connectivity index (χ1) is 13.9. The second-order valence-electron chi connectivity index (χ2n) is 7.41. The molecule has 0 spiro atoms. The number of aryl methyl sites for hydroxylation is 1. The lowest BCUT2D eigenvalue weighted by atomic mass is 10.0. The van der Waals surface area contributed by atoms with Crippen LogP contribution in [0.2, 0.25) is 0 Å². The molecule has 0 saturated carbocycles. The lowest BCUT2D eigenvalue weighted by Crippen LogP contribution is -2.30. The fraction of sp³-hybridized carbons (Fsp3) is 0.348. The van der Waals surface area contributed by atoms with Gasteiger partial charge in [0.1, 0.15) is 0 Å². The van der Waals surface area contributed by atoms with Crippen molar-refractivity contribution in [3.8, 4) is 0 Å². The quantitative estimate of drug-likeness (QED) is 0.456. The minimum atomic E-state index is -0.0698. The van der Waals surface area contributed by atoms with Crippen molar-refractivity contribution in [1.82, 2.24) is 14.9 Å². The average molecular weight is 410 g/mol. The Kier molecular flexibility index (Phi) is 6.75. The third kappa shape index (κ3) is 4.88. The number of fused-ring (bicyclic) bond motifs is 1. The summed E-state index contributed by atoms with van der Waals surface area (Å²) >= 11 is 1.30. The molecule has 152 valence electrons. The summed E-state index contributed by atoms with van der Waals surface area (Å²) in [7, 11) is 0. The monoisotopic (exact) mass is 409 g/mol. The van der Waals surface area contributed by atoms with Crippen molar-refractivity contribution >= 4 is 28.6 Å². The van der Waals surface area contributed by atoms with Gasteiger partial charge in [0.2, 0.25) is 5.91 Å². The number of carbonyl (C=O) groups is 1. The van der Waals surface area contributed by atoms with Gasteiger partial charge in [-0.1, -0.05) is 60.6 Å². The molecule has 5 nitrogen and oxygen atoms in total. The van der Waals surface area contributed by atoms with Crippen LogP contribution in [0.5, 0.6) is 0 Å². The molecule has 1 heterocycles. The van der Waals surface area contributed by atoms with Crippen LogP contribution in [0.4, 0.5) is 0 Å². The summed E-state index contributed by atoms with van der Waals surface area (Å²) in [5.41, 5.74) is 2.88. The number of carbonyl (C=O) groups excluding carboxylic acids is 1. The molecule has 3 rings (SSSR count). The van der Waals surface area contributed by atoms with E-state index in [1.807, 2.05) is 39.0 Å². The van der Waals surface area contributed by atoms with Crippen molar-refractivity contribution < 1.29 is 4.79 Å². The van der Waals surface area contributed by atoms with Gasteiger partial charge in [0.05, 0.1) is 22.7 Å². The van der Waals surface area contributed by atoms with Gasteiger partial charge < -0.3 is 5.32 Å². The van der Waals surface area contributed by atoms with E-state index in [2.05, 4.69) is 41.5 Å². The number of hydrogen-bond donors (Lipinski definition) is 1. The zero-order chi connectivity index (χ0) is 21.0. The minimum absolute atomic E-state index is 0.0273. The molecule has 0 unspecified atom stereocenters. The molecule has 6 heteroatoms. The van der Waals surface area contributed by atoms with Crippen LogP contribution in [-0.2, 0) is 4.79 Å². The number of benzene rings is 2. The Morgan fingerprint density at radius 3 is 2.48 bits per heavy atom. The topological polar surface area (TPSA) is 64.0 Å². The molecular formula is C23H27N3O2S. The predicted octanol–water partition coefficient (Wildman–Crippen LogP) is 4.65. The first-order valence-electron chi connectivity index (χ1n) is 9.90. The van der Waals surface area contributed by atoms with Crippen molar-refractivity contribution in [2.75, 3.05) is 5.75 Å². The maximum Gasteiger partial charge on any atom is 0.262 e. The van der Waals surface area contributed by atoms with Crippen molar-refractivity contribution in [3.63, 3.8) is 0 Å². The Bertz CT molecular complexity index is 1060. The van der Waals surface area contributed by atoms with E-state index in [9.17, 15) is 9.59 Å². The molecule has 0 aliphatic rings. The fourth-order valence-electron chi connectivity index (χ4n) is 3.27. The van der Waals surface area contributed by atoms with Crippen LogP contribution in [0.15, 0.2) is 58.5 Å². The third-order valence-electron chi connectivity index (χ3n) is 4.85. The van der Waals surface area contributed by atoms with E-state index >= 15 is 0 Å². The van der Waals surface area contributed by atoms with Crippen LogP contribution in [-0.4, -0.2) is 21.2 Å². The number of nitrogens with one attached hydrogen (secondary N) is 1. The van der Waals surface area contributed by atoms with Crippen molar-refractivity contribution in [2.45, 2.75) is 51.4 Å². The standard InChI is InChI=1S/C23H27N3O2S/c1-5-19(17-12-10-16(4)11-13-17)24-21(27)14-29-23-25-20-9-7-6-8-18(20)22(28)26(23)15(2)3/h6-13,15,19H,5,14H2,1-4H3,(H,24,27)/t19-/m0/s1. The van der Waals surface area contributed by atoms with Gasteiger partial charge in [0, 0.05) is 6.04 Å². The Labute approximate surface area is 175 Å².